The zero-order chi connectivity index (χ0) is 17.2. The molecule has 1 aromatic heterocycles. The van der Waals surface area contributed by atoms with Gasteiger partial charge in [0.15, 0.2) is 5.13 Å². The lowest BCUT2D eigenvalue weighted by atomic mass is 10.1. The summed E-state index contributed by atoms with van der Waals surface area (Å²) in [5, 5.41) is 5.95. The van der Waals surface area contributed by atoms with Crippen molar-refractivity contribution in [2.75, 3.05) is 5.32 Å². The molecule has 4 rings (SSSR count). The molecular weight excluding hydrogens is 328 g/mol. The van der Waals surface area contributed by atoms with Gasteiger partial charge in [-0.2, -0.15) is 0 Å². The van der Waals surface area contributed by atoms with Crippen molar-refractivity contribution < 1.29 is 4.79 Å². The maximum atomic E-state index is 12.4. The predicted octanol–water partition coefficient (Wildman–Crippen LogP) is 5.19. The van der Waals surface area contributed by atoms with Gasteiger partial charge in [-0.05, 0) is 34.4 Å². The van der Waals surface area contributed by atoms with Crippen molar-refractivity contribution in [2.24, 2.45) is 0 Å². The lowest BCUT2D eigenvalue weighted by Crippen LogP contribution is -2.14. The number of hydrogen-bond acceptors (Lipinski definition) is 3. The molecule has 0 aliphatic heterocycles. The Balaban J connectivity index is 1.53. The Bertz CT molecular complexity index is 1070. The molecule has 0 unspecified atom stereocenters. The number of hydrogen-bond donors (Lipinski definition) is 1. The van der Waals surface area contributed by atoms with E-state index in [1.165, 1.54) is 22.3 Å². The van der Waals surface area contributed by atoms with Gasteiger partial charge in [0.05, 0.1) is 16.6 Å². The van der Waals surface area contributed by atoms with Crippen LogP contribution in [-0.4, -0.2) is 10.9 Å². The molecule has 1 amide bonds. The molecule has 0 radical (unpaired) electrons. The highest BCUT2D eigenvalue weighted by Crippen LogP contribution is 2.28. The van der Waals surface area contributed by atoms with E-state index in [0.717, 1.165) is 27.6 Å². The van der Waals surface area contributed by atoms with Crippen LogP contribution in [0, 0.1) is 0 Å². The van der Waals surface area contributed by atoms with Crippen molar-refractivity contribution in [3.8, 4) is 0 Å². The number of carbonyl (C=O) groups is 1. The molecular formula is C21H18N2OS. The van der Waals surface area contributed by atoms with Gasteiger partial charge < -0.3 is 5.32 Å². The van der Waals surface area contributed by atoms with Gasteiger partial charge in [0.1, 0.15) is 0 Å². The summed E-state index contributed by atoms with van der Waals surface area (Å²) in [7, 11) is 0. The summed E-state index contributed by atoms with van der Waals surface area (Å²) in [5.74, 6) is -0.0348. The molecule has 3 nitrogen and oxygen atoms in total. The van der Waals surface area contributed by atoms with E-state index >= 15 is 0 Å². The van der Waals surface area contributed by atoms with E-state index < -0.39 is 0 Å². The van der Waals surface area contributed by atoms with Crippen LogP contribution >= 0.6 is 11.3 Å². The minimum atomic E-state index is -0.0348. The van der Waals surface area contributed by atoms with Crippen LogP contribution in [0.3, 0.4) is 0 Å². The van der Waals surface area contributed by atoms with Crippen molar-refractivity contribution in [3.63, 3.8) is 0 Å². The van der Waals surface area contributed by atoms with E-state index in [4.69, 9.17) is 0 Å². The highest BCUT2D eigenvalue weighted by atomic mass is 32.1. The van der Waals surface area contributed by atoms with Gasteiger partial charge in [-0.1, -0.05) is 72.9 Å². The number of amides is 1. The number of anilines is 1. The largest absolute Gasteiger partial charge is 0.302 e. The number of rotatable bonds is 4. The monoisotopic (exact) mass is 346 g/mol. The van der Waals surface area contributed by atoms with Crippen molar-refractivity contribution >= 4 is 43.4 Å². The third-order valence-corrected chi connectivity index (χ3v) is 5.24. The smallest absolute Gasteiger partial charge is 0.230 e. The standard InChI is InChI=1S/C21H18N2OS/c1-2-15-8-5-9-18-20(15)23-21(25-18)22-19(24)13-14-10-11-16-6-3-4-7-17(16)12-14/h3-12H,2,13H2,1H3,(H,22,23,24). The highest BCUT2D eigenvalue weighted by Gasteiger charge is 2.10. The van der Waals surface area contributed by atoms with E-state index in [0.29, 0.717) is 11.6 Å². The second-order valence-electron chi connectivity index (χ2n) is 6.04. The molecule has 4 heteroatoms. The Morgan fingerprint density at radius 2 is 1.88 bits per heavy atom. The third kappa shape index (κ3) is 3.26. The normalized spacial score (nSPS) is 11.1. The van der Waals surface area contributed by atoms with Crippen LogP contribution < -0.4 is 5.32 Å². The Labute approximate surface area is 150 Å². The number of carbonyl (C=O) groups excluding carboxylic acids is 1. The summed E-state index contributed by atoms with van der Waals surface area (Å²) in [5.41, 5.74) is 3.21. The van der Waals surface area contributed by atoms with Crippen LogP contribution in [0.1, 0.15) is 18.1 Å². The van der Waals surface area contributed by atoms with Crippen LogP contribution in [0.2, 0.25) is 0 Å². The topological polar surface area (TPSA) is 42.0 Å². The van der Waals surface area contributed by atoms with Crippen molar-refractivity contribution in [1.82, 2.24) is 4.98 Å². The number of aromatic nitrogens is 1. The first-order chi connectivity index (χ1) is 12.2. The van der Waals surface area contributed by atoms with Gasteiger partial charge in [-0.3, -0.25) is 4.79 Å². The Hall–Kier alpha value is -2.72. The van der Waals surface area contributed by atoms with Gasteiger partial charge in [0, 0.05) is 0 Å². The van der Waals surface area contributed by atoms with Gasteiger partial charge in [-0.25, -0.2) is 4.98 Å². The average Bonchev–Trinajstić information content (AvgIpc) is 3.03. The van der Waals surface area contributed by atoms with Gasteiger partial charge in [0.25, 0.3) is 0 Å². The zero-order valence-electron chi connectivity index (χ0n) is 14.0. The summed E-state index contributed by atoms with van der Waals surface area (Å²) in [6, 6.07) is 20.5. The molecule has 0 spiro atoms. The second-order valence-corrected chi connectivity index (χ2v) is 7.07. The molecule has 0 saturated carbocycles. The fourth-order valence-corrected chi connectivity index (χ4v) is 3.97. The number of nitrogens with zero attached hydrogens (tertiary/aromatic N) is 1. The minimum absolute atomic E-state index is 0.0348. The maximum absolute atomic E-state index is 12.4. The fraction of sp³-hybridized carbons (Fsp3) is 0.143. The SMILES string of the molecule is CCc1cccc2sc(NC(=O)Cc3ccc4ccccc4c3)nc12. The molecule has 0 bridgehead atoms. The molecule has 0 fully saturated rings. The molecule has 3 aromatic carbocycles. The highest BCUT2D eigenvalue weighted by molar-refractivity contribution is 7.22. The third-order valence-electron chi connectivity index (χ3n) is 4.31. The second kappa shape index (κ2) is 6.65. The molecule has 0 aliphatic carbocycles. The van der Waals surface area contributed by atoms with Crippen LogP contribution in [0.15, 0.2) is 60.7 Å². The summed E-state index contributed by atoms with van der Waals surface area (Å²) < 4.78 is 1.11. The average molecular weight is 346 g/mol. The minimum Gasteiger partial charge on any atom is -0.302 e. The quantitative estimate of drug-likeness (QED) is 0.552. The molecule has 1 N–H and O–H groups in total. The Morgan fingerprint density at radius 1 is 1.04 bits per heavy atom. The van der Waals surface area contributed by atoms with Gasteiger partial charge in [-0.15, -0.1) is 0 Å². The molecule has 0 saturated heterocycles. The van der Waals surface area contributed by atoms with Crippen molar-refractivity contribution in [3.05, 3.63) is 71.8 Å². The van der Waals surface area contributed by atoms with Crippen LogP contribution in [0.4, 0.5) is 5.13 Å². The molecule has 0 atom stereocenters. The number of benzene rings is 3. The molecule has 124 valence electrons. The molecule has 25 heavy (non-hydrogen) atoms. The first kappa shape index (κ1) is 15.8. The molecule has 0 aliphatic rings. The lowest BCUT2D eigenvalue weighted by molar-refractivity contribution is -0.115. The predicted molar refractivity (Wildman–Crippen MR) is 105 cm³/mol. The molecule has 1 heterocycles. The summed E-state index contributed by atoms with van der Waals surface area (Å²) in [6.45, 7) is 2.12. The number of nitrogens with one attached hydrogen (secondary N) is 1. The number of para-hydroxylation sites is 1. The molecule has 4 aromatic rings. The summed E-state index contributed by atoms with van der Waals surface area (Å²) >= 11 is 1.53. The maximum Gasteiger partial charge on any atom is 0.230 e. The van der Waals surface area contributed by atoms with Crippen LogP contribution in [-0.2, 0) is 17.6 Å². The van der Waals surface area contributed by atoms with Crippen LogP contribution in [0.5, 0.6) is 0 Å². The number of thiazole rings is 1. The van der Waals surface area contributed by atoms with Gasteiger partial charge >= 0.3 is 0 Å². The zero-order valence-corrected chi connectivity index (χ0v) is 14.8. The van der Waals surface area contributed by atoms with Crippen molar-refractivity contribution in [2.45, 2.75) is 19.8 Å². The van der Waals surface area contributed by atoms with Crippen LogP contribution in [0.25, 0.3) is 21.0 Å². The number of aryl methyl sites for hydroxylation is 1. The Morgan fingerprint density at radius 3 is 2.72 bits per heavy atom. The van der Waals surface area contributed by atoms with E-state index in [2.05, 4.69) is 47.6 Å². The lowest BCUT2D eigenvalue weighted by Gasteiger charge is -2.04. The number of fused-ring (bicyclic) bond motifs is 2. The Kier molecular flexibility index (Phi) is 4.20. The first-order valence-electron chi connectivity index (χ1n) is 8.39. The van der Waals surface area contributed by atoms with Gasteiger partial charge in [0.2, 0.25) is 5.91 Å². The summed E-state index contributed by atoms with van der Waals surface area (Å²) in [6.07, 6.45) is 1.28. The first-order valence-corrected chi connectivity index (χ1v) is 9.20. The summed E-state index contributed by atoms with van der Waals surface area (Å²) in [4.78, 5) is 17.0. The fourth-order valence-electron chi connectivity index (χ4n) is 3.04. The van der Waals surface area contributed by atoms with E-state index in [1.807, 2.05) is 30.3 Å². The van der Waals surface area contributed by atoms with E-state index in [1.54, 1.807) is 0 Å². The van der Waals surface area contributed by atoms with E-state index in [9.17, 15) is 4.79 Å². The van der Waals surface area contributed by atoms with Crippen molar-refractivity contribution in [1.29, 1.82) is 0 Å². The van der Waals surface area contributed by atoms with E-state index in [-0.39, 0.29) is 5.91 Å².